The van der Waals surface area contributed by atoms with Crippen LogP contribution in [0.2, 0.25) is 0 Å². The molecule has 0 saturated heterocycles. The number of allylic oxidation sites excluding steroid dienone is 1. The minimum Gasteiger partial charge on any atom is -0.385 e. The van der Waals surface area contributed by atoms with Crippen LogP contribution in [0.5, 0.6) is 0 Å². The maximum absolute atomic E-state index is 6.17. The van der Waals surface area contributed by atoms with Crippen molar-refractivity contribution in [2.45, 2.75) is 27.2 Å². The van der Waals surface area contributed by atoms with Gasteiger partial charge in [-0.25, -0.2) is 9.98 Å². The minimum atomic E-state index is 0.422. The van der Waals surface area contributed by atoms with Crippen LogP contribution in [-0.2, 0) is 0 Å². The number of guanidine groups is 1. The Balaban J connectivity index is 2.46. The summed E-state index contributed by atoms with van der Waals surface area (Å²) in [5.41, 5.74) is 8.46. The van der Waals surface area contributed by atoms with E-state index in [0.717, 1.165) is 37.0 Å². The van der Waals surface area contributed by atoms with Gasteiger partial charge in [-0.15, -0.1) is 0 Å². The molecule has 0 saturated carbocycles. The largest absolute Gasteiger partial charge is 0.385 e. The van der Waals surface area contributed by atoms with Gasteiger partial charge in [0.1, 0.15) is 5.82 Å². The zero-order chi connectivity index (χ0) is 11.0. The molecular weight excluding hydrogens is 188 g/mol. The van der Waals surface area contributed by atoms with Crippen molar-refractivity contribution in [2.75, 3.05) is 13.1 Å². The summed E-state index contributed by atoms with van der Waals surface area (Å²) in [4.78, 5) is 10.9. The molecule has 4 heteroatoms. The van der Waals surface area contributed by atoms with Crippen molar-refractivity contribution in [3.63, 3.8) is 0 Å². The molecule has 0 aliphatic carbocycles. The van der Waals surface area contributed by atoms with Gasteiger partial charge in [-0.05, 0) is 12.3 Å². The Kier molecular flexibility index (Phi) is 2.50. The van der Waals surface area contributed by atoms with Crippen molar-refractivity contribution in [1.82, 2.24) is 4.90 Å². The average Bonchev–Trinajstić information content (AvgIpc) is 2.64. The fraction of sp³-hybridized carbons (Fsp3) is 0.636. The molecule has 0 spiro atoms. The molecule has 0 aromatic carbocycles. The summed E-state index contributed by atoms with van der Waals surface area (Å²) in [6.45, 7) is 8.11. The van der Waals surface area contributed by atoms with E-state index in [9.17, 15) is 0 Å². The molecule has 0 bridgehead atoms. The fourth-order valence-electron chi connectivity index (χ4n) is 2.13. The van der Waals surface area contributed by atoms with Crippen LogP contribution in [0.4, 0.5) is 0 Å². The Morgan fingerprint density at radius 3 is 2.80 bits per heavy atom. The summed E-state index contributed by atoms with van der Waals surface area (Å²) in [7, 11) is 0. The summed E-state index contributed by atoms with van der Waals surface area (Å²) < 4.78 is 0. The summed E-state index contributed by atoms with van der Waals surface area (Å²) in [5.74, 6) is 2.08. The van der Waals surface area contributed by atoms with Gasteiger partial charge in [0.25, 0.3) is 0 Å². The highest BCUT2D eigenvalue weighted by molar-refractivity contribution is 6.10. The monoisotopic (exact) mass is 206 g/mol. The summed E-state index contributed by atoms with van der Waals surface area (Å²) in [6, 6.07) is 0. The Hall–Kier alpha value is -1.32. The second-order valence-corrected chi connectivity index (χ2v) is 4.20. The van der Waals surface area contributed by atoms with E-state index in [4.69, 9.17) is 5.73 Å². The molecule has 2 aliphatic rings. The van der Waals surface area contributed by atoms with E-state index in [2.05, 4.69) is 30.8 Å². The number of nitrogens with zero attached hydrogens (tertiary/aromatic N) is 3. The molecule has 4 nitrogen and oxygen atoms in total. The van der Waals surface area contributed by atoms with Crippen LogP contribution in [0.1, 0.15) is 27.2 Å². The Morgan fingerprint density at radius 2 is 2.20 bits per heavy atom. The van der Waals surface area contributed by atoms with Gasteiger partial charge in [-0.3, -0.25) is 4.90 Å². The van der Waals surface area contributed by atoms with E-state index >= 15 is 0 Å². The molecule has 2 N–H and O–H groups in total. The van der Waals surface area contributed by atoms with E-state index in [1.807, 2.05) is 4.90 Å². The van der Waals surface area contributed by atoms with E-state index < -0.39 is 0 Å². The second-order valence-electron chi connectivity index (χ2n) is 4.20. The van der Waals surface area contributed by atoms with Crippen molar-refractivity contribution in [3.05, 3.63) is 11.4 Å². The lowest BCUT2D eigenvalue weighted by Gasteiger charge is -2.28. The maximum Gasteiger partial charge on any atom is 0.226 e. The molecule has 82 valence electrons. The molecule has 0 radical (unpaired) electrons. The average molecular weight is 206 g/mol. The van der Waals surface area contributed by atoms with Crippen molar-refractivity contribution in [3.8, 4) is 0 Å². The molecule has 0 aromatic rings. The molecule has 0 atom stereocenters. The van der Waals surface area contributed by atoms with E-state index in [1.54, 1.807) is 0 Å². The van der Waals surface area contributed by atoms with E-state index in [1.165, 1.54) is 5.57 Å². The Morgan fingerprint density at radius 1 is 1.47 bits per heavy atom. The smallest absolute Gasteiger partial charge is 0.226 e. The van der Waals surface area contributed by atoms with Crippen LogP contribution in [0.25, 0.3) is 0 Å². The third-order valence-corrected chi connectivity index (χ3v) is 2.84. The number of hydrogen-bond acceptors (Lipinski definition) is 4. The van der Waals surface area contributed by atoms with Crippen LogP contribution in [0.3, 0.4) is 0 Å². The molecule has 0 fully saturated rings. The summed E-state index contributed by atoms with van der Waals surface area (Å²) in [5, 5.41) is 0. The third-order valence-electron chi connectivity index (χ3n) is 2.84. The maximum atomic E-state index is 6.17. The predicted molar refractivity (Wildman–Crippen MR) is 62.8 cm³/mol. The first-order chi connectivity index (χ1) is 7.15. The van der Waals surface area contributed by atoms with Crippen molar-refractivity contribution in [2.24, 2.45) is 21.6 Å². The first-order valence-electron chi connectivity index (χ1n) is 5.54. The number of hydrogen-bond donors (Lipinski definition) is 1. The number of nitrogens with two attached hydrogens (primary N) is 1. The van der Waals surface area contributed by atoms with Crippen molar-refractivity contribution < 1.29 is 0 Å². The highest BCUT2D eigenvalue weighted by Gasteiger charge is 2.28. The first-order valence-corrected chi connectivity index (χ1v) is 5.54. The summed E-state index contributed by atoms with van der Waals surface area (Å²) >= 11 is 0. The predicted octanol–water partition coefficient (Wildman–Crippen LogP) is 1.35. The van der Waals surface area contributed by atoms with Gasteiger partial charge in [0.15, 0.2) is 0 Å². The topological polar surface area (TPSA) is 54.0 Å². The molecule has 15 heavy (non-hydrogen) atoms. The minimum absolute atomic E-state index is 0.422. The van der Waals surface area contributed by atoms with E-state index in [-0.39, 0.29) is 0 Å². The number of rotatable bonds is 2. The quantitative estimate of drug-likeness (QED) is 0.741. The lowest BCUT2D eigenvalue weighted by molar-refractivity contribution is 0.528. The number of aliphatic imine (C=N–C) groups is 2. The van der Waals surface area contributed by atoms with Gasteiger partial charge < -0.3 is 5.73 Å². The van der Waals surface area contributed by atoms with Gasteiger partial charge in [0.05, 0.1) is 12.3 Å². The van der Waals surface area contributed by atoms with Crippen LogP contribution in [0.15, 0.2) is 21.4 Å². The van der Waals surface area contributed by atoms with Crippen LogP contribution < -0.4 is 5.73 Å². The van der Waals surface area contributed by atoms with Gasteiger partial charge >= 0.3 is 0 Å². The normalized spacial score (nSPS) is 20.7. The SMILES string of the molecule is CCC1=NC2=NCCN2C(N)=C1C(C)C. The van der Waals surface area contributed by atoms with Gasteiger partial charge in [0, 0.05) is 12.1 Å². The van der Waals surface area contributed by atoms with Gasteiger partial charge in [0.2, 0.25) is 5.96 Å². The zero-order valence-electron chi connectivity index (χ0n) is 9.62. The van der Waals surface area contributed by atoms with Gasteiger partial charge in [-0.2, -0.15) is 0 Å². The second kappa shape index (κ2) is 3.68. The first kappa shape index (κ1) is 10.2. The Labute approximate surface area is 90.6 Å². The lowest BCUT2D eigenvalue weighted by Crippen LogP contribution is -2.38. The zero-order valence-corrected chi connectivity index (χ0v) is 9.62. The molecule has 0 aromatic heterocycles. The fourth-order valence-corrected chi connectivity index (χ4v) is 2.13. The summed E-state index contributed by atoms with van der Waals surface area (Å²) in [6.07, 6.45) is 0.918. The Bertz CT molecular complexity index is 363. The molecule has 2 rings (SSSR count). The van der Waals surface area contributed by atoms with Crippen molar-refractivity contribution in [1.29, 1.82) is 0 Å². The van der Waals surface area contributed by atoms with Crippen LogP contribution in [0, 0.1) is 5.92 Å². The highest BCUT2D eigenvalue weighted by atomic mass is 15.4. The highest BCUT2D eigenvalue weighted by Crippen LogP contribution is 2.25. The number of fused-ring (bicyclic) bond motifs is 1. The van der Waals surface area contributed by atoms with Crippen LogP contribution >= 0.6 is 0 Å². The van der Waals surface area contributed by atoms with Crippen molar-refractivity contribution >= 4 is 11.7 Å². The van der Waals surface area contributed by atoms with Gasteiger partial charge in [-0.1, -0.05) is 20.8 Å². The molecular formula is C11H18N4. The standard InChI is InChI=1S/C11H18N4/c1-4-8-9(7(2)3)10(12)15-6-5-13-11(15)14-8/h7H,4-6,12H2,1-3H3. The van der Waals surface area contributed by atoms with Crippen LogP contribution in [-0.4, -0.2) is 29.7 Å². The lowest BCUT2D eigenvalue weighted by atomic mass is 9.95. The molecule has 2 heterocycles. The van der Waals surface area contributed by atoms with E-state index in [0.29, 0.717) is 5.92 Å². The molecule has 2 aliphatic heterocycles. The molecule has 0 unspecified atom stereocenters. The third kappa shape index (κ3) is 1.54. The molecule has 0 amide bonds.